The largest absolute Gasteiger partial charge is 0.323 e. The summed E-state index contributed by atoms with van der Waals surface area (Å²) in [5.74, 6) is 0.140. The van der Waals surface area contributed by atoms with Crippen molar-refractivity contribution in [3.63, 3.8) is 0 Å². The van der Waals surface area contributed by atoms with Crippen LogP contribution in [0.25, 0.3) is 5.82 Å². The molecule has 0 bridgehead atoms. The number of hydrogen-bond donors (Lipinski definition) is 1. The smallest absolute Gasteiger partial charge is 0.243 e. The molecule has 4 rings (SSSR count). The Morgan fingerprint density at radius 2 is 1.76 bits per heavy atom. The van der Waals surface area contributed by atoms with Crippen LogP contribution < -0.4 is 5.32 Å². The van der Waals surface area contributed by atoms with Crippen molar-refractivity contribution in [3.05, 3.63) is 67.1 Å². The molecule has 1 saturated heterocycles. The van der Waals surface area contributed by atoms with Gasteiger partial charge in [0.25, 0.3) is 0 Å². The summed E-state index contributed by atoms with van der Waals surface area (Å²) < 4.78 is 28.5. The van der Waals surface area contributed by atoms with Gasteiger partial charge < -0.3 is 5.32 Å². The predicted octanol–water partition coefficient (Wildman–Crippen LogP) is 2.31. The highest BCUT2D eigenvalue weighted by molar-refractivity contribution is 7.89. The van der Waals surface area contributed by atoms with E-state index in [1.54, 1.807) is 71.8 Å². The lowest BCUT2D eigenvalue weighted by Crippen LogP contribution is -2.41. The number of carbonyl (C=O) groups is 1. The van der Waals surface area contributed by atoms with Gasteiger partial charge in [-0.1, -0.05) is 18.2 Å². The van der Waals surface area contributed by atoms with Crippen LogP contribution in [0, 0.1) is 5.92 Å². The SMILES string of the molecule is O=C(Nc1cccnc1-n1cccn1)C1CCN(S(=O)(=O)c2ccccc2)CC1. The number of nitrogens with zero attached hydrogens (tertiary/aromatic N) is 4. The average molecular weight is 411 g/mol. The van der Waals surface area contributed by atoms with Crippen LogP contribution in [0.4, 0.5) is 5.69 Å². The highest BCUT2D eigenvalue weighted by atomic mass is 32.2. The Labute approximate surface area is 169 Å². The summed E-state index contributed by atoms with van der Waals surface area (Å²) >= 11 is 0. The number of rotatable bonds is 5. The predicted molar refractivity (Wildman–Crippen MR) is 108 cm³/mol. The van der Waals surface area contributed by atoms with E-state index in [0.29, 0.717) is 37.4 Å². The van der Waals surface area contributed by atoms with Crippen LogP contribution in [0.1, 0.15) is 12.8 Å². The minimum Gasteiger partial charge on any atom is -0.323 e. The molecule has 29 heavy (non-hydrogen) atoms. The number of hydrogen-bond acceptors (Lipinski definition) is 5. The van der Waals surface area contributed by atoms with Gasteiger partial charge in [0.05, 0.1) is 10.6 Å². The molecule has 0 atom stereocenters. The molecule has 1 aromatic carbocycles. The molecule has 0 aliphatic carbocycles. The van der Waals surface area contributed by atoms with Crippen molar-refractivity contribution >= 4 is 21.6 Å². The molecule has 2 aromatic heterocycles. The Kier molecular flexibility index (Phi) is 5.41. The van der Waals surface area contributed by atoms with E-state index in [4.69, 9.17) is 0 Å². The molecule has 1 amide bonds. The Bertz CT molecular complexity index is 1080. The second-order valence-corrected chi connectivity index (χ2v) is 8.74. The number of nitrogens with one attached hydrogen (secondary N) is 1. The quantitative estimate of drug-likeness (QED) is 0.695. The lowest BCUT2D eigenvalue weighted by atomic mass is 9.97. The summed E-state index contributed by atoms with van der Waals surface area (Å²) in [6, 6.07) is 13.7. The molecule has 0 radical (unpaired) electrons. The summed E-state index contributed by atoms with van der Waals surface area (Å²) in [5.41, 5.74) is 0.570. The molecule has 0 saturated carbocycles. The third-order valence-electron chi connectivity index (χ3n) is 4.97. The van der Waals surface area contributed by atoms with Crippen LogP contribution in [0.15, 0.2) is 72.0 Å². The fourth-order valence-electron chi connectivity index (χ4n) is 3.41. The molecule has 150 valence electrons. The molecule has 1 aliphatic heterocycles. The maximum atomic E-state index is 12.8. The Morgan fingerprint density at radius 1 is 1.00 bits per heavy atom. The van der Waals surface area contributed by atoms with Crippen molar-refractivity contribution in [2.75, 3.05) is 18.4 Å². The minimum absolute atomic E-state index is 0.136. The van der Waals surface area contributed by atoms with Crippen LogP contribution in [-0.2, 0) is 14.8 Å². The van der Waals surface area contributed by atoms with Crippen molar-refractivity contribution < 1.29 is 13.2 Å². The number of pyridine rings is 1. The summed E-state index contributed by atoms with van der Waals surface area (Å²) in [6.45, 7) is 0.628. The molecule has 0 spiro atoms. The molecule has 1 fully saturated rings. The van der Waals surface area contributed by atoms with Gasteiger partial charge in [0.15, 0.2) is 5.82 Å². The molecule has 9 heteroatoms. The minimum atomic E-state index is -3.53. The van der Waals surface area contributed by atoms with Crippen molar-refractivity contribution in [3.8, 4) is 5.82 Å². The van der Waals surface area contributed by atoms with Crippen molar-refractivity contribution in [2.45, 2.75) is 17.7 Å². The molecule has 1 N–H and O–H groups in total. The standard InChI is InChI=1S/C20H21N5O3S/c26-20(23-18-8-4-11-21-19(18)25-13-5-12-22-25)16-9-14-24(15-10-16)29(27,28)17-6-2-1-3-7-17/h1-8,11-13,16H,9-10,14-15H2,(H,23,26). The van der Waals surface area contributed by atoms with E-state index in [1.807, 2.05) is 0 Å². The number of amides is 1. The Hall–Kier alpha value is -3.04. The summed E-state index contributed by atoms with van der Waals surface area (Å²) in [6.07, 6.45) is 5.97. The molecule has 8 nitrogen and oxygen atoms in total. The van der Waals surface area contributed by atoms with Crippen LogP contribution >= 0.6 is 0 Å². The van der Waals surface area contributed by atoms with E-state index >= 15 is 0 Å². The third-order valence-corrected chi connectivity index (χ3v) is 6.88. The van der Waals surface area contributed by atoms with Crippen molar-refractivity contribution in [1.29, 1.82) is 0 Å². The van der Waals surface area contributed by atoms with E-state index in [1.165, 1.54) is 4.31 Å². The number of carbonyl (C=O) groups excluding carboxylic acids is 1. The van der Waals surface area contributed by atoms with Gasteiger partial charge in [-0.15, -0.1) is 0 Å². The van der Waals surface area contributed by atoms with Crippen LogP contribution in [0.5, 0.6) is 0 Å². The zero-order valence-corrected chi connectivity index (χ0v) is 16.5. The van der Waals surface area contributed by atoms with Gasteiger partial charge in [0, 0.05) is 37.6 Å². The normalized spacial score (nSPS) is 15.9. The van der Waals surface area contributed by atoms with E-state index in [9.17, 15) is 13.2 Å². The van der Waals surface area contributed by atoms with E-state index in [0.717, 1.165) is 0 Å². The lowest BCUT2D eigenvalue weighted by Gasteiger charge is -2.30. The topological polar surface area (TPSA) is 97.2 Å². The second-order valence-electron chi connectivity index (χ2n) is 6.81. The zero-order chi connectivity index (χ0) is 20.3. The molecule has 3 aromatic rings. The maximum Gasteiger partial charge on any atom is 0.243 e. The number of piperidine rings is 1. The van der Waals surface area contributed by atoms with Gasteiger partial charge in [-0.25, -0.2) is 18.1 Å². The van der Waals surface area contributed by atoms with Crippen LogP contribution in [-0.4, -0.2) is 46.5 Å². The second kappa shape index (κ2) is 8.14. The molecule has 3 heterocycles. The van der Waals surface area contributed by atoms with Gasteiger partial charge in [-0.3, -0.25) is 4.79 Å². The summed E-state index contributed by atoms with van der Waals surface area (Å²) in [5, 5.41) is 7.09. The van der Waals surface area contributed by atoms with Crippen molar-refractivity contribution in [1.82, 2.24) is 19.1 Å². The number of sulfonamides is 1. The van der Waals surface area contributed by atoms with Gasteiger partial charge in [-0.05, 0) is 43.2 Å². The molecular weight excluding hydrogens is 390 g/mol. The lowest BCUT2D eigenvalue weighted by molar-refractivity contribution is -0.120. The van der Waals surface area contributed by atoms with Gasteiger partial charge >= 0.3 is 0 Å². The molecule has 0 unspecified atom stereocenters. The van der Waals surface area contributed by atoms with Crippen LogP contribution in [0.3, 0.4) is 0 Å². The summed E-state index contributed by atoms with van der Waals surface area (Å²) in [4.78, 5) is 17.4. The number of anilines is 1. The number of aromatic nitrogens is 3. The fraction of sp³-hybridized carbons (Fsp3) is 0.250. The Balaban J connectivity index is 1.42. The fourth-order valence-corrected chi connectivity index (χ4v) is 4.90. The van der Waals surface area contributed by atoms with Crippen LogP contribution in [0.2, 0.25) is 0 Å². The van der Waals surface area contributed by atoms with Gasteiger partial charge in [-0.2, -0.15) is 9.40 Å². The van der Waals surface area contributed by atoms with E-state index in [2.05, 4.69) is 15.4 Å². The first-order valence-electron chi connectivity index (χ1n) is 9.37. The third kappa shape index (κ3) is 4.06. The Morgan fingerprint density at radius 3 is 2.45 bits per heavy atom. The maximum absolute atomic E-state index is 12.8. The van der Waals surface area contributed by atoms with E-state index < -0.39 is 10.0 Å². The molecular formula is C20H21N5O3S. The molecule has 1 aliphatic rings. The van der Waals surface area contributed by atoms with Gasteiger partial charge in [0.2, 0.25) is 15.9 Å². The van der Waals surface area contributed by atoms with E-state index in [-0.39, 0.29) is 16.7 Å². The zero-order valence-electron chi connectivity index (χ0n) is 15.7. The first-order valence-corrected chi connectivity index (χ1v) is 10.8. The monoisotopic (exact) mass is 411 g/mol. The average Bonchev–Trinajstić information content (AvgIpc) is 3.29. The van der Waals surface area contributed by atoms with Crippen molar-refractivity contribution in [2.24, 2.45) is 5.92 Å². The van der Waals surface area contributed by atoms with Gasteiger partial charge in [0.1, 0.15) is 0 Å². The first-order chi connectivity index (χ1) is 14.1. The highest BCUT2D eigenvalue weighted by Gasteiger charge is 2.32. The summed E-state index contributed by atoms with van der Waals surface area (Å²) in [7, 11) is -3.53. The first kappa shape index (κ1) is 19.3. The highest BCUT2D eigenvalue weighted by Crippen LogP contribution is 2.25. The number of benzene rings is 1.